The monoisotopic (exact) mass is 128 g/mol. The van der Waals surface area contributed by atoms with Crippen molar-refractivity contribution < 1.29 is 5.02 Å². The fraction of sp³-hybridized carbons (Fsp3) is 1.00. The average Bonchev–Trinajstić information content (AvgIpc) is 1.89. The SMILES string of the molecule is CCCCNCC[B]O. The van der Waals surface area contributed by atoms with Crippen LogP contribution >= 0.6 is 0 Å². The molecule has 0 heterocycles. The Hall–Kier alpha value is -0.0151. The number of unbranched alkanes of at least 4 members (excludes halogenated alkanes) is 1. The molecule has 0 aromatic carbocycles. The molecular weight excluding hydrogens is 113 g/mol. The van der Waals surface area contributed by atoms with Gasteiger partial charge in [-0.25, -0.2) is 0 Å². The van der Waals surface area contributed by atoms with Crippen LogP contribution in [0.25, 0.3) is 0 Å². The molecule has 9 heavy (non-hydrogen) atoms. The van der Waals surface area contributed by atoms with Crippen LogP contribution in [0.1, 0.15) is 19.8 Å². The summed E-state index contributed by atoms with van der Waals surface area (Å²) in [5, 5.41) is 11.5. The van der Waals surface area contributed by atoms with E-state index in [1.54, 1.807) is 0 Å². The molecule has 0 atom stereocenters. The van der Waals surface area contributed by atoms with E-state index in [-0.39, 0.29) is 0 Å². The van der Waals surface area contributed by atoms with E-state index >= 15 is 0 Å². The van der Waals surface area contributed by atoms with Gasteiger partial charge in [0.05, 0.1) is 0 Å². The van der Waals surface area contributed by atoms with Gasteiger partial charge >= 0.3 is 0 Å². The fourth-order valence-corrected chi connectivity index (χ4v) is 0.593. The second-order valence-electron chi connectivity index (χ2n) is 2.07. The first kappa shape index (κ1) is 8.98. The Labute approximate surface area is 57.9 Å². The first-order chi connectivity index (χ1) is 4.41. The van der Waals surface area contributed by atoms with Crippen LogP contribution in [-0.4, -0.2) is 25.6 Å². The van der Waals surface area contributed by atoms with Gasteiger partial charge in [0.1, 0.15) is 0 Å². The van der Waals surface area contributed by atoms with E-state index in [1.165, 1.54) is 20.3 Å². The van der Waals surface area contributed by atoms with Crippen molar-refractivity contribution in [1.82, 2.24) is 5.32 Å². The molecule has 0 aliphatic rings. The van der Waals surface area contributed by atoms with Crippen molar-refractivity contribution in [2.24, 2.45) is 0 Å². The lowest BCUT2D eigenvalue weighted by Crippen LogP contribution is -2.17. The van der Waals surface area contributed by atoms with E-state index < -0.39 is 0 Å². The highest BCUT2D eigenvalue weighted by Crippen LogP contribution is 1.82. The summed E-state index contributed by atoms with van der Waals surface area (Å²) < 4.78 is 0. The Balaban J connectivity index is 2.60. The van der Waals surface area contributed by atoms with E-state index in [0.29, 0.717) is 0 Å². The highest BCUT2D eigenvalue weighted by atomic mass is 16.2. The number of hydrogen-bond donors (Lipinski definition) is 2. The molecular formula is C6H15BNO. The fourth-order valence-electron chi connectivity index (χ4n) is 0.593. The van der Waals surface area contributed by atoms with Gasteiger partial charge in [-0.3, -0.25) is 0 Å². The van der Waals surface area contributed by atoms with Gasteiger partial charge in [-0.05, 0) is 25.8 Å². The van der Waals surface area contributed by atoms with Gasteiger partial charge in [-0.2, -0.15) is 0 Å². The molecule has 0 aliphatic carbocycles. The molecule has 0 amide bonds. The van der Waals surface area contributed by atoms with Gasteiger partial charge in [-0.15, -0.1) is 0 Å². The van der Waals surface area contributed by atoms with E-state index in [2.05, 4.69) is 12.2 Å². The van der Waals surface area contributed by atoms with Crippen LogP contribution in [0.15, 0.2) is 0 Å². The molecule has 0 aliphatic heterocycles. The minimum atomic E-state index is 0.754. The van der Waals surface area contributed by atoms with E-state index in [0.717, 1.165) is 19.4 Å². The van der Waals surface area contributed by atoms with E-state index in [9.17, 15) is 0 Å². The van der Waals surface area contributed by atoms with Crippen LogP contribution in [0.2, 0.25) is 6.32 Å². The Kier molecular flexibility index (Phi) is 7.97. The first-order valence-corrected chi connectivity index (χ1v) is 3.58. The summed E-state index contributed by atoms with van der Waals surface area (Å²) in [6.07, 6.45) is 3.21. The van der Waals surface area contributed by atoms with Crippen molar-refractivity contribution >= 4 is 7.48 Å². The molecule has 0 spiro atoms. The van der Waals surface area contributed by atoms with Gasteiger partial charge < -0.3 is 10.3 Å². The zero-order valence-electron chi connectivity index (χ0n) is 6.06. The zero-order valence-corrected chi connectivity index (χ0v) is 6.06. The number of hydrogen-bond acceptors (Lipinski definition) is 2. The maximum Gasteiger partial charge on any atom is 0.288 e. The number of nitrogens with one attached hydrogen (secondary N) is 1. The Bertz CT molecular complexity index is 46.3. The molecule has 1 radical (unpaired) electrons. The predicted molar refractivity (Wildman–Crippen MR) is 40.6 cm³/mol. The summed E-state index contributed by atoms with van der Waals surface area (Å²) in [6.45, 7) is 4.14. The van der Waals surface area contributed by atoms with Crippen molar-refractivity contribution in [3.63, 3.8) is 0 Å². The second-order valence-corrected chi connectivity index (χ2v) is 2.07. The zero-order chi connectivity index (χ0) is 6.95. The molecule has 53 valence electrons. The molecule has 2 nitrogen and oxygen atoms in total. The third-order valence-corrected chi connectivity index (χ3v) is 1.16. The highest BCUT2D eigenvalue weighted by molar-refractivity contribution is 6.25. The largest absolute Gasteiger partial charge is 0.454 e. The predicted octanol–water partition coefficient (Wildman–Crippen LogP) is 0.406. The molecule has 0 fully saturated rings. The molecule has 0 unspecified atom stereocenters. The molecule has 0 aromatic rings. The van der Waals surface area contributed by atoms with Crippen LogP contribution in [0.5, 0.6) is 0 Å². The van der Waals surface area contributed by atoms with Crippen molar-refractivity contribution in [3.05, 3.63) is 0 Å². The molecule has 0 bridgehead atoms. The van der Waals surface area contributed by atoms with Gasteiger partial charge in [0.2, 0.25) is 0 Å². The van der Waals surface area contributed by atoms with Crippen molar-refractivity contribution in [2.75, 3.05) is 13.1 Å². The molecule has 2 N–H and O–H groups in total. The van der Waals surface area contributed by atoms with Gasteiger partial charge in [0.25, 0.3) is 7.48 Å². The first-order valence-electron chi connectivity index (χ1n) is 3.58. The standard InChI is InChI=1S/C6H15BNO/c1-2-3-5-8-6-4-7-9/h8-9H,2-6H2,1H3. The lowest BCUT2D eigenvalue weighted by atomic mass is 9.97. The summed E-state index contributed by atoms with van der Waals surface area (Å²) in [4.78, 5) is 0. The van der Waals surface area contributed by atoms with Crippen molar-refractivity contribution in [3.8, 4) is 0 Å². The third-order valence-electron chi connectivity index (χ3n) is 1.16. The smallest absolute Gasteiger partial charge is 0.288 e. The Morgan fingerprint density at radius 1 is 1.44 bits per heavy atom. The molecule has 0 saturated heterocycles. The van der Waals surface area contributed by atoms with Crippen molar-refractivity contribution in [1.29, 1.82) is 0 Å². The van der Waals surface area contributed by atoms with Crippen LogP contribution < -0.4 is 5.32 Å². The molecule has 0 rings (SSSR count). The van der Waals surface area contributed by atoms with Crippen LogP contribution in [0.4, 0.5) is 0 Å². The minimum absolute atomic E-state index is 0.754. The van der Waals surface area contributed by atoms with Crippen molar-refractivity contribution in [2.45, 2.75) is 26.1 Å². The third kappa shape index (κ3) is 7.98. The topological polar surface area (TPSA) is 32.3 Å². The quantitative estimate of drug-likeness (QED) is 0.401. The minimum Gasteiger partial charge on any atom is -0.454 e. The summed E-state index contributed by atoms with van der Waals surface area (Å²) in [7, 11) is 1.19. The number of rotatable bonds is 6. The molecule has 3 heteroatoms. The lowest BCUT2D eigenvalue weighted by molar-refractivity contribution is 0.588. The molecule has 0 aromatic heterocycles. The highest BCUT2D eigenvalue weighted by Gasteiger charge is 1.85. The Morgan fingerprint density at radius 2 is 2.22 bits per heavy atom. The van der Waals surface area contributed by atoms with E-state index in [1.807, 2.05) is 0 Å². The molecule has 0 saturated carbocycles. The Morgan fingerprint density at radius 3 is 2.78 bits per heavy atom. The summed E-state index contributed by atoms with van der Waals surface area (Å²) >= 11 is 0. The maximum atomic E-state index is 8.26. The average molecular weight is 128 g/mol. The summed E-state index contributed by atoms with van der Waals surface area (Å²) in [5.74, 6) is 0. The summed E-state index contributed by atoms with van der Waals surface area (Å²) in [6, 6.07) is 0. The lowest BCUT2D eigenvalue weighted by Gasteiger charge is -1.99. The summed E-state index contributed by atoms with van der Waals surface area (Å²) in [5.41, 5.74) is 0. The second kappa shape index (κ2) is 7.98. The van der Waals surface area contributed by atoms with Crippen LogP contribution in [-0.2, 0) is 0 Å². The van der Waals surface area contributed by atoms with Gasteiger partial charge in [0.15, 0.2) is 0 Å². The van der Waals surface area contributed by atoms with Crippen LogP contribution in [0, 0.1) is 0 Å². The normalized spacial score (nSPS) is 9.56. The van der Waals surface area contributed by atoms with Gasteiger partial charge in [-0.1, -0.05) is 13.3 Å². The van der Waals surface area contributed by atoms with Crippen LogP contribution in [0.3, 0.4) is 0 Å². The maximum absolute atomic E-state index is 8.26. The van der Waals surface area contributed by atoms with Gasteiger partial charge in [0, 0.05) is 0 Å². The van der Waals surface area contributed by atoms with E-state index in [4.69, 9.17) is 5.02 Å².